The molecule has 1 aromatic carbocycles. The summed E-state index contributed by atoms with van der Waals surface area (Å²) in [5.41, 5.74) is 2.12. The van der Waals surface area contributed by atoms with Crippen LogP contribution >= 0.6 is 27.5 Å². The van der Waals surface area contributed by atoms with Crippen molar-refractivity contribution in [2.45, 2.75) is 0 Å². The molecule has 0 bridgehead atoms. The van der Waals surface area contributed by atoms with Gasteiger partial charge in [0.1, 0.15) is 4.60 Å². The molecule has 1 aromatic heterocycles. The molecule has 0 spiro atoms. The Hall–Kier alpha value is -0.860. The van der Waals surface area contributed by atoms with E-state index in [1.165, 1.54) is 0 Å². The van der Waals surface area contributed by atoms with Crippen LogP contribution in [0.3, 0.4) is 0 Å². The number of nitrogens with zero attached hydrogens (tertiary/aromatic N) is 1. The molecule has 0 fully saturated rings. The number of pyridine rings is 1. The van der Waals surface area contributed by atoms with Crippen LogP contribution < -0.4 is 0 Å². The van der Waals surface area contributed by atoms with Crippen molar-refractivity contribution in [3.63, 3.8) is 0 Å². The van der Waals surface area contributed by atoms with Crippen LogP contribution in [0.5, 0.6) is 0 Å². The number of halogens is 2. The predicted octanol–water partition coefficient (Wildman–Crippen LogP) is 4.16. The minimum Gasteiger partial charge on any atom is -0.247 e. The molecule has 0 N–H and O–H groups in total. The number of aromatic nitrogens is 1. The molecular formula is C11H7BrClN. The van der Waals surface area contributed by atoms with Gasteiger partial charge in [0.15, 0.2) is 0 Å². The maximum absolute atomic E-state index is 5.88. The summed E-state index contributed by atoms with van der Waals surface area (Å²) in [7, 11) is 0. The number of benzene rings is 1. The van der Waals surface area contributed by atoms with Crippen molar-refractivity contribution in [1.29, 1.82) is 0 Å². The van der Waals surface area contributed by atoms with Crippen molar-refractivity contribution >= 4 is 27.5 Å². The first-order valence-corrected chi connectivity index (χ1v) is 5.31. The lowest BCUT2D eigenvalue weighted by Gasteiger charge is -2.03. The second-order valence-corrected chi connectivity index (χ2v) is 4.05. The van der Waals surface area contributed by atoms with Crippen LogP contribution in [0.15, 0.2) is 47.2 Å². The normalized spacial score (nSPS) is 10.1. The zero-order chi connectivity index (χ0) is 9.97. The lowest BCUT2D eigenvalue weighted by Crippen LogP contribution is -1.83. The van der Waals surface area contributed by atoms with Crippen LogP contribution in [0.25, 0.3) is 11.1 Å². The van der Waals surface area contributed by atoms with E-state index in [0.717, 1.165) is 15.7 Å². The molecule has 0 unspecified atom stereocenters. The fraction of sp³-hybridized carbons (Fsp3) is 0. The van der Waals surface area contributed by atoms with Gasteiger partial charge in [-0.1, -0.05) is 41.9 Å². The summed E-state index contributed by atoms with van der Waals surface area (Å²) in [6.07, 6.45) is 1.62. The summed E-state index contributed by atoms with van der Waals surface area (Å²) < 4.78 is 0.813. The topological polar surface area (TPSA) is 12.9 Å². The van der Waals surface area contributed by atoms with E-state index in [1.807, 2.05) is 36.4 Å². The number of rotatable bonds is 1. The molecule has 0 radical (unpaired) electrons. The highest BCUT2D eigenvalue weighted by Gasteiger charge is 2.03. The molecule has 2 rings (SSSR count). The van der Waals surface area contributed by atoms with Crippen LogP contribution in [-0.2, 0) is 0 Å². The standard InChI is InChI=1S/C11H7BrClN/c12-11-10(6-9(13)7-14-11)8-4-2-1-3-5-8/h1-7H. The maximum atomic E-state index is 5.88. The van der Waals surface area contributed by atoms with Crippen molar-refractivity contribution < 1.29 is 0 Å². The molecule has 1 nitrogen and oxygen atoms in total. The Kier molecular flexibility index (Phi) is 2.85. The molecule has 14 heavy (non-hydrogen) atoms. The molecule has 0 saturated heterocycles. The van der Waals surface area contributed by atoms with E-state index in [1.54, 1.807) is 6.20 Å². The largest absolute Gasteiger partial charge is 0.247 e. The van der Waals surface area contributed by atoms with Gasteiger partial charge in [0, 0.05) is 11.8 Å². The highest BCUT2D eigenvalue weighted by molar-refractivity contribution is 9.10. The molecule has 1 heterocycles. The summed E-state index contributed by atoms with van der Waals surface area (Å²) >= 11 is 9.28. The van der Waals surface area contributed by atoms with Crippen LogP contribution in [0.4, 0.5) is 0 Å². The Morgan fingerprint density at radius 1 is 1.14 bits per heavy atom. The monoisotopic (exact) mass is 267 g/mol. The van der Waals surface area contributed by atoms with Gasteiger partial charge >= 0.3 is 0 Å². The molecule has 0 saturated carbocycles. The van der Waals surface area contributed by atoms with Gasteiger partial charge in [-0.15, -0.1) is 0 Å². The van der Waals surface area contributed by atoms with Crippen LogP contribution in [0, 0.1) is 0 Å². The SMILES string of the molecule is Clc1cnc(Br)c(-c2ccccc2)c1. The molecular weight excluding hydrogens is 261 g/mol. The lowest BCUT2D eigenvalue weighted by molar-refractivity contribution is 1.28. The second-order valence-electron chi connectivity index (χ2n) is 2.86. The van der Waals surface area contributed by atoms with Gasteiger partial charge in [-0.25, -0.2) is 4.98 Å². The highest BCUT2D eigenvalue weighted by atomic mass is 79.9. The van der Waals surface area contributed by atoms with Crippen molar-refractivity contribution in [3.8, 4) is 11.1 Å². The van der Waals surface area contributed by atoms with Crippen molar-refractivity contribution in [3.05, 3.63) is 52.2 Å². The van der Waals surface area contributed by atoms with Gasteiger partial charge in [-0.05, 0) is 27.6 Å². The second kappa shape index (κ2) is 4.11. The van der Waals surface area contributed by atoms with Gasteiger partial charge in [-0.3, -0.25) is 0 Å². The first-order valence-electron chi connectivity index (χ1n) is 4.14. The highest BCUT2D eigenvalue weighted by Crippen LogP contribution is 2.28. The minimum atomic E-state index is 0.645. The number of hydrogen-bond acceptors (Lipinski definition) is 1. The Morgan fingerprint density at radius 2 is 1.86 bits per heavy atom. The average molecular weight is 269 g/mol. The third kappa shape index (κ3) is 1.97. The zero-order valence-corrected chi connectivity index (χ0v) is 9.59. The van der Waals surface area contributed by atoms with Gasteiger partial charge in [0.05, 0.1) is 5.02 Å². The molecule has 0 aliphatic heterocycles. The fourth-order valence-corrected chi connectivity index (χ4v) is 1.85. The van der Waals surface area contributed by atoms with Gasteiger partial charge in [0.25, 0.3) is 0 Å². The summed E-state index contributed by atoms with van der Waals surface area (Å²) in [5.74, 6) is 0. The molecule has 3 heteroatoms. The van der Waals surface area contributed by atoms with Crippen molar-refractivity contribution in [2.75, 3.05) is 0 Å². The van der Waals surface area contributed by atoms with Crippen molar-refractivity contribution in [1.82, 2.24) is 4.98 Å². The third-order valence-electron chi connectivity index (χ3n) is 1.89. The van der Waals surface area contributed by atoms with E-state index in [4.69, 9.17) is 11.6 Å². The van der Waals surface area contributed by atoms with Crippen LogP contribution in [0.1, 0.15) is 0 Å². The Balaban J connectivity index is 2.57. The maximum Gasteiger partial charge on any atom is 0.113 e. The van der Waals surface area contributed by atoms with Gasteiger partial charge in [-0.2, -0.15) is 0 Å². The Bertz CT molecular complexity index is 442. The average Bonchev–Trinajstić information content (AvgIpc) is 2.23. The fourth-order valence-electron chi connectivity index (χ4n) is 1.24. The van der Waals surface area contributed by atoms with Gasteiger partial charge < -0.3 is 0 Å². The van der Waals surface area contributed by atoms with E-state index in [9.17, 15) is 0 Å². The van der Waals surface area contributed by atoms with E-state index in [0.29, 0.717) is 5.02 Å². The molecule has 0 aliphatic carbocycles. The summed E-state index contributed by atoms with van der Waals surface area (Å²) in [6, 6.07) is 11.9. The predicted molar refractivity (Wildman–Crippen MR) is 62.4 cm³/mol. The smallest absolute Gasteiger partial charge is 0.113 e. The summed E-state index contributed by atoms with van der Waals surface area (Å²) in [5, 5.41) is 0.645. The molecule has 2 aromatic rings. The zero-order valence-electron chi connectivity index (χ0n) is 7.24. The van der Waals surface area contributed by atoms with E-state index < -0.39 is 0 Å². The van der Waals surface area contributed by atoms with E-state index in [2.05, 4.69) is 20.9 Å². The summed E-state index contributed by atoms with van der Waals surface area (Å²) in [6.45, 7) is 0. The third-order valence-corrected chi connectivity index (χ3v) is 2.73. The van der Waals surface area contributed by atoms with E-state index >= 15 is 0 Å². The number of hydrogen-bond donors (Lipinski definition) is 0. The Labute approximate surface area is 95.9 Å². The van der Waals surface area contributed by atoms with Crippen LogP contribution in [-0.4, -0.2) is 4.98 Å². The molecule has 70 valence electrons. The van der Waals surface area contributed by atoms with Gasteiger partial charge in [0.2, 0.25) is 0 Å². The first-order chi connectivity index (χ1) is 6.77. The van der Waals surface area contributed by atoms with Crippen molar-refractivity contribution in [2.24, 2.45) is 0 Å². The molecule has 0 amide bonds. The lowest BCUT2D eigenvalue weighted by atomic mass is 10.1. The molecule has 0 aliphatic rings. The molecule has 0 atom stereocenters. The van der Waals surface area contributed by atoms with E-state index in [-0.39, 0.29) is 0 Å². The quantitative estimate of drug-likeness (QED) is 0.708. The first kappa shape index (κ1) is 9.69. The van der Waals surface area contributed by atoms with Crippen LogP contribution in [0.2, 0.25) is 5.02 Å². The Morgan fingerprint density at radius 3 is 2.57 bits per heavy atom. The minimum absolute atomic E-state index is 0.645. The summed E-state index contributed by atoms with van der Waals surface area (Å²) in [4.78, 5) is 4.14.